The predicted octanol–water partition coefficient (Wildman–Crippen LogP) is 7.51. The van der Waals surface area contributed by atoms with Crippen LogP contribution in [0.5, 0.6) is 0 Å². The molecule has 1 heteroatoms. The first kappa shape index (κ1) is 20.1. The van der Waals surface area contributed by atoms with Crippen molar-refractivity contribution in [1.29, 1.82) is 0 Å². The Kier molecular flexibility index (Phi) is 8.60. The van der Waals surface area contributed by atoms with E-state index in [0.29, 0.717) is 5.41 Å². The Bertz CT molecular complexity index is 331. The van der Waals surface area contributed by atoms with Crippen LogP contribution >= 0.6 is 12.6 Å². The molecule has 130 valence electrons. The molecule has 0 N–H and O–H groups in total. The summed E-state index contributed by atoms with van der Waals surface area (Å²) in [4.78, 5) is 1.04. The largest absolute Gasteiger partial charge is 0.148 e. The zero-order valence-corrected chi connectivity index (χ0v) is 16.7. The molecule has 22 heavy (non-hydrogen) atoms. The van der Waals surface area contributed by atoms with Crippen molar-refractivity contribution in [2.75, 3.05) is 0 Å². The van der Waals surface area contributed by atoms with E-state index in [9.17, 15) is 0 Å². The Morgan fingerprint density at radius 3 is 2.41 bits per heavy atom. The maximum Gasteiger partial charge on any atom is -0.0201 e. The molecule has 1 fully saturated rings. The van der Waals surface area contributed by atoms with E-state index in [-0.39, 0.29) is 0 Å². The lowest BCUT2D eigenvalue weighted by atomic mass is 9.62. The lowest BCUT2D eigenvalue weighted by Gasteiger charge is -2.43. The molecule has 1 aliphatic carbocycles. The minimum absolute atomic E-state index is 0.568. The molecule has 0 heterocycles. The second-order valence-corrected chi connectivity index (χ2v) is 9.59. The van der Waals surface area contributed by atoms with Crippen molar-refractivity contribution in [2.24, 2.45) is 29.1 Å². The summed E-state index contributed by atoms with van der Waals surface area (Å²) in [5.41, 5.74) is 0.568. The third-order valence-corrected chi connectivity index (χ3v) is 6.30. The third kappa shape index (κ3) is 7.11. The van der Waals surface area contributed by atoms with Crippen LogP contribution < -0.4 is 0 Å². The number of rotatable bonds is 9. The molecule has 1 rings (SSSR count). The average molecular weight is 325 g/mol. The van der Waals surface area contributed by atoms with Crippen molar-refractivity contribution in [2.45, 2.75) is 92.4 Å². The number of allylic oxidation sites excluding steroid dienone is 1. The van der Waals surface area contributed by atoms with Crippen LogP contribution in [0, 0.1) is 29.1 Å². The predicted molar refractivity (Wildman–Crippen MR) is 104 cm³/mol. The number of hydrogen-bond acceptors (Lipinski definition) is 1. The Morgan fingerprint density at radius 2 is 1.82 bits per heavy atom. The van der Waals surface area contributed by atoms with Crippen LogP contribution in [-0.2, 0) is 0 Å². The van der Waals surface area contributed by atoms with Gasteiger partial charge in [-0.1, -0.05) is 79.7 Å². The van der Waals surface area contributed by atoms with Crippen LogP contribution in [0.25, 0.3) is 0 Å². The maximum atomic E-state index is 4.32. The highest BCUT2D eigenvalue weighted by Gasteiger charge is 2.36. The molecular formula is C21H40S. The highest BCUT2D eigenvalue weighted by atomic mass is 32.1. The van der Waals surface area contributed by atoms with Gasteiger partial charge in [0, 0.05) is 0 Å². The molecular weight excluding hydrogens is 284 g/mol. The fourth-order valence-electron chi connectivity index (χ4n) is 4.64. The SMILES string of the molecule is C=C(S)CC(C)CCCC(C)CCC1C(C)CCCC1(C)C. The quantitative estimate of drug-likeness (QED) is 0.417. The van der Waals surface area contributed by atoms with Crippen LogP contribution in [0.1, 0.15) is 92.4 Å². The van der Waals surface area contributed by atoms with Crippen LogP contribution in [0.3, 0.4) is 0 Å². The molecule has 0 aromatic rings. The van der Waals surface area contributed by atoms with Gasteiger partial charge in [0.05, 0.1) is 0 Å². The molecule has 4 atom stereocenters. The van der Waals surface area contributed by atoms with Gasteiger partial charge >= 0.3 is 0 Å². The van der Waals surface area contributed by atoms with Gasteiger partial charge in [0.2, 0.25) is 0 Å². The van der Waals surface area contributed by atoms with Gasteiger partial charge in [-0.25, -0.2) is 0 Å². The summed E-state index contributed by atoms with van der Waals surface area (Å²) in [6.07, 6.45) is 12.4. The molecule has 0 bridgehead atoms. The van der Waals surface area contributed by atoms with E-state index in [4.69, 9.17) is 0 Å². The van der Waals surface area contributed by atoms with Gasteiger partial charge in [-0.05, 0) is 53.3 Å². The van der Waals surface area contributed by atoms with Gasteiger partial charge in [0.25, 0.3) is 0 Å². The molecule has 0 aliphatic heterocycles. The topological polar surface area (TPSA) is 0 Å². The Hall–Kier alpha value is 0.0900. The summed E-state index contributed by atoms with van der Waals surface area (Å²) in [7, 11) is 0. The lowest BCUT2D eigenvalue weighted by molar-refractivity contribution is 0.0706. The maximum absolute atomic E-state index is 4.32. The van der Waals surface area contributed by atoms with E-state index in [1.54, 1.807) is 0 Å². The summed E-state index contributed by atoms with van der Waals surface area (Å²) in [5, 5.41) is 0. The van der Waals surface area contributed by atoms with E-state index in [1.165, 1.54) is 51.4 Å². The van der Waals surface area contributed by atoms with Crippen LogP contribution in [0.2, 0.25) is 0 Å². The van der Waals surface area contributed by atoms with Crippen molar-refractivity contribution in [3.05, 3.63) is 11.5 Å². The summed E-state index contributed by atoms with van der Waals surface area (Å²) < 4.78 is 0. The molecule has 0 saturated heterocycles. The Morgan fingerprint density at radius 1 is 1.18 bits per heavy atom. The summed E-state index contributed by atoms with van der Waals surface area (Å²) >= 11 is 4.32. The molecule has 0 nitrogen and oxygen atoms in total. The normalized spacial score (nSPS) is 27.4. The van der Waals surface area contributed by atoms with Crippen molar-refractivity contribution < 1.29 is 0 Å². The monoisotopic (exact) mass is 324 g/mol. The summed E-state index contributed by atoms with van der Waals surface area (Å²) in [5.74, 6) is 3.50. The van der Waals surface area contributed by atoms with E-state index in [2.05, 4.69) is 53.8 Å². The summed E-state index contributed by atoms with van der Waals surface area (Å²) in [6.45, 7) is 16.2. The summed E-state index contributed by atoms with van der Waals surface area (Å²) in [6, 6.07) is 0. The molecule has 0 aromatic carbocycles. The molecule has 0 amide bonds. The van der Waals surface area contributed by atoms with Gasteiger partial charge in [0.1, 0.15) is 0 Å². The molecule has 0 aromatic heterocycles. The van der Waals surface area contributed by atoms with Crippen molar-refractivity contribution in [1.82, 2.24) is 0 Å². The van der Waals surface area contributed by atoms with Gasteiger partial charge in [-0.3, -0.25) is 0 Å². The minimum Gasteiger partial charge on any atom is -0.148 e. The Balaban J connectivity index is 2.24. The molecule has 4 unspecified atom stereocenters. The minimum atomic E-state index is 0.568. The fourth-order valence-corrected chi connectivity index (χ4v) is 4.95. The first-order chi connectivity index (χ1) is 10.2. The van der Waals surface area contributed by atoms with E-state index < -0.39 is 0 Å². The fraction of sp³-hybridized carbons (Fsp3) is 0.905. The van der Waals surface area contributed by atoms with Crippen LogP contribution in [0.15, 0.2) is 11.5 Å². The van der Waals surface area contributed by atoms with Crippen molar-refractivity contribution >= 4 is 12.6 Å². The number of thiol groups is 1. The van der Waals surface area contributed by atoms with Gasteiger partial charge in [-0.15, -0.1) is 12.6 Å². The van der Waals surface area contributed by atoms with Gasteiger partial charge < -0.3 is 0 Å². The lowest BCUT2D eigenvalue weighted by Crippen LogP contribution is -2.33. The first-order valence-electron chi connectivity index (χ1n) is 9.59. The van der Waals surface area contributed by atoms with Gasteiger partial charge in [-0.2, -0.15) is 0 Å². The molecule has 0 spiro atoms. The van der Waals surface area contributed by atoms with Crippen LogP contribution in [0.4, 0.5) is 0 Å². The first-order valence-corrected chi connectivity index (χ1v) is 10.0. The smallest absolute Gasteiger partial charge is 0.0201 e. The molecule has 0 radical (unpaired) electrons. The van der Waals surface area contributed by atoms with E-state index >= 15 is 0 Å². The molecule has 1 saturated carbocycles. The van der Waals surface area contributed by atoms with Crippen molar-refractivity contribution in [3.63, 3.8) is 0 Å². The third-order valence-electron chi connectivity index (χ3n) is 6.12. The highest BCUT2D eigenvalue weighted by molar-refractivity contribution is 7.84. The number of hydrogen-bond donors (Lipinski definition) is 1. The van der Waals surface area contributed by atoms with Crippen LogP contribution in [-0.4, -0.2) is 0 Å². The van der Waals surface area contributed by atoms with Crippen molar-refractivity contribution in [3.8, 4) is 0 Å². The molecule has 1 aliphatic rings. The average Bonchev–Trinajstić information content (AvgIpc) is 2.36. The highest BCUT2D eigenvalue weighted by Crippen LogP contribution is 2.46. The van der Waals surface area contributed by atoms with Gasteiger partial charge in [0.15, 0.2) is 0 Å². The van der Waals surface area contributed by atoms with E-state index in [1.807, 2.05) is 0 Å². The standard InChI is InChI=1S/C21H40S/c1-16(9-7-10-17(2)15-19(4)22)12-13-20-18(3)11-8-14-21(20,5)6/h16-18,20,22H,4,7-15H2,1-3,5-6H3. The second kappa shape index (κ2) is 9.40. The zero-order chi connectivity index (χ0) is 16.8. The Labute approximate surface area is 145 Å². The van der Waals surface area contributed by atoms with E-state index in [0.717, 1.165) is 35.0 Å². The zero-order valence-electron chi connectivity index (χ0n) is 15.8. The second-order valence-electron chi connectivity index (χ2n) is 8.95.